The Hall–Kier alpha value is -3.45. The van der Waals surface area contributed by atoms with Gasteiger partial charge in [0.25, 0.3) is 5.91 Å². The lowest BCUT2D eigenvalue weighted by atomic mass is 9.77. The highest BCUT2D eigenvalue weighted by Crippen LogP contribution is 2.37. The van der Waals surface area contributed by atoms with E-state index in [1.54, 1.807) is 12.4 Å². The van der Waals surface area contributed by atoms with E-state index in [9.17, 15) is 9.59 Å². The van der Waals surface area contributed by atoms with Crippen molar-refractivity contribution in [3.05, 3.63) is 78.1 Å². The Balaban J connectivity index is 1.40. The van der Waals surface area contributed by atoms with Gasteiger partial charge in [-0.15, -0.1) is 0 Å². The minimum absolute atomic E-state index is 0.0112. The monoisotopic (exact) mass is 402 g/mol. The number of piperidine rings is 1. The number of likely N-dealkylation sites (tertiary alicyclic amines) is 1. The molecule has 3 aromatic rings. The SMILES string of the molecule is O=C1CO[C@@H]2CN(C(=O)c3cccc(-c4cn[nH]c4)c3)CC[C@@]2(c2ccccc2)N1. The molecule has 0 spiro atoms. The largest absolute Gasteiger partial charge is 0.364 e. The topological polar surface area (TPSA) is 87.3 Å². The first-order chi connectivity index (χ1) is 14.7. The summed E-state index contributed by atoms with van der Waals surface area (Å²) in [6.45, 7) is 0.963. The maximum absolute atomic E-state index is 13.3. The molecule has 2 aromatic carbocycles. The van der Waals surface area contributed by atoms with Gasteiger partial charge in [0.1, 0.15) is 12.7 Å². The van der Waals surface area contributed by atoms with Crippen molar-refractivity contribution in [1.29, 1.82) is 0 Å². The Kier molecular flexibility index (Phi) is 4.59. The Morgan fingerprint density at radius 2 is 2.00 bits per heavy atom. The first-order valence-electron chi connectivity index (χ1n) is 10.0. The van der Waals surface area contributed by atoms with Crippen LogP contribution in [0.5, 0.6) is 0 Å². The summed E-state index contributed by atoms with van der Waals surface area (Å²) in [5, 5.41) is 9.94. The van der Waals surface area contributed by atoms with Gasteiger partial charge in [0.15, 0.2) is 0 Å². The Morgan fingerprint density at radius 1 is 1.13 bits per heavy atom. The molecule has 0 unspecified atom stereocenters. The lowest BCUT2D eigenvalue weighted by molar-refractivity contribution is -0.150. The first-order valence-corrected chi connectivity index (χ1v) is 10.0. The van der Waals surface area contributed by atoms with E-state index in [1.165, 1.54) is 0 Å². The summed E-state index contributed by atoms with van der Waals surface area (Å²) in [6, 6.07) is 17.4. The van der Waals surface area contributed by atoms with Gasteiger partial charge in [-0.1, -0.05) is 42.5 Å². The molecule has 2 amide bonds. The summed E-state index contributed by atoms with van der Waals surface area (Å²) in [4.78, 5) is 27.2. The van der Waals surface area contributed by atoms with E-state index in [4.69, 9.17) is 4.74 Å². The van der Waals surface area contributed by atoms with Crippen molar-refractivity contribution >= 4 is 11.8 Å². The zero-order chi connectivity index (χ0) is 20.6. The normalized spacial score (nSPS) is 23.5. The number of rotatable bonds is 3. The molecule has 0 saturated carbocycles. The molecule has 2 aliphatic heterocycles. The van der Waals surface area contributed by atoms with E-state index in [0.29, 0.717) is 25.1 Å². The number of hydrogen-bond acceptors (Lipinski definition) is 4. The van der Waals surface area contributed by atoms with E-state index < -0.39 is 5.54 Å². The minimum atomic E-state index is -0.605. The number of hydrogen-bond donors (Lipinski definition) is 2. The van der Waals surface area contributed by atoms with Crippen molar-refractivity contribution in [3.8, 4) is 11.1 Å². The third-order valence-corrected chi connectivity index (χ3v) is 6.01. The van der Waals surface area contributed by atoms with E-state index in [-0.39, 0.29) is 24.5 Å². The highest BCUT2D eigenvalue weighted by Gasteiger charge is 2.49. The number of H-pyrrole nitrogens is 1. The summed E-state index contributed by atoms with van der Waals surface area (Å²) < 4.78 is 5.93. The average molecular weight is 402 g/mol. The van der Waals surface area contributed by atoms with Gasteiger partial charge in [-0.3, -0.25) is 14.7 Å². The van der Waals surface area contributed by atoms with Crippen molar-refractivity contribution in [2.45, 2.75) is 18.1 Å². The predicted octanol–water partition coefficient (Wildman–Crippen LogP) is 2.33. The maximum Gasteiger partial charge on any atom is 0.253 e. The van der Waals surface area contributed by atoms with E-state index in [1.807, 2.05) is 59.5 Å². The Labute approximate surface area is 174 Å². The van der Waals surface area contributed by atoms with Gasteiger partial charge in [-0.25, -0.2) is 0 Å². The molecule has 0 radical (unpaired) electrons. The van der Waals surface area contributed by atoms with Gasteiger partial charge >= 0.3 is 0 Å². The molecule has 2 atom stereocenters. The zero-order valence-electron chi connectivity index (χ0n) is 16.4. The number of aromatic amines is 1. The van der Waals surface area contributed by atoms with Gasteiger partial charge in [0.05, 0.1) is 11.7 Å². The number of fused-ring (bicyclic) bond motifs is 1. The van der Waals surface area contributed by atoms with E-state index >= 15 is 0 Å². The highest BCUT2D eigenvalue weighted by molar-refractivity contribution is 5.95. The number of carbonyl (C=O) groups excluding carboxylic acids is 2. The van der Waals surface area contributed by atoms with Crippen molar-refractivity contribution < 1.29 is 14.3 Å². The molecule has 0 aliphatic carbocycles. The summed E-state index contributed by atoms with van der Waals surface area (Å²) in [5.41, 5.74) is 2.90. The zero-order valence-corrected chi connectivity index (χ0v) is 16.4. The lowest BCUT2D eigenvalue weighted by Crippen LogP contribution is -2.67. The molecule has 2 fully saturated rings. The molecule has 2 aliphatic rings. The maximum atomic E-state index is 13.3. The van der Waals surface area contributed by atoms with Gasteiger partial charge in [0.2, 0.25) is 5.91 Å². The first kappa shape index (κ1) is 18.6. The molecule has 7 nitrogen and oxygen atoms in total. The number of carbonyl (C=O) groups is 2. The Morgan fingerprint density at radius 3 is 2.80 bits per heavy atom. The number of aromatic nitrogens is 2. The molecule has 1 aromatic heterocycles. The molecule has 2 N–H and O–H groups in total. The molecule has 2 saturated heterocycles. The van der Waals surface area contributed by atoms with Crippen LogP contribution >= 0.6 is 0 Å². The number of ether oxygens (including phenoxy) is 1. The van der Waals surface area contributed by atoms with Crippen LogP contribution in [0.4, 0.5) is 0 Å². The smallest absolute Gasteiger partial charge is 0.253 e. The summed E-state index contributed by atoms with van der Waals surface area (Å²) in [7, 11) is 0. The highest BCUT2D eigenvalue weighted by atomic mass is 16.5. The second kappa shape index (κ2) is 7.42. The van der Waals surface area contributed by atoms with Crippen LogP contribution in [0.1, 0.15) is 22.3 Å². The van der Waals surface area contributed by atoms with Crippen molar-refractivity contribution in [2.75, 3.05) is 19.7 Å². The predicted molar refractivity (Wildman–Crippen MR) is 111 cm³/mol. The van der Waals surface area contributed by atoms with Gasteiger partial charge in [-0.2, -0.15) is 5.10 Å². The van der Waals surface area contributed by atoms with Crippen molar-refractivity contribution in [1.82, 2.24) is 20.4 Å². The molecular formula is C23H22N4O3. The number of amides is 2. The van der Waals surface area contributed by atoms with Crippen molar-refractivity contribution in [2.24, 2.45) is 0 Å². The fourth-order valence-electron chi connectivity index (χ4n) is 4.46. The summed E-state index contributed by atoms with van der Waals surface area (Å²) in [5.74, 6) is -0.162. The molecule has 5 rings (SSSR count). The van der Waals surface area contributed by atoms with Crippen LogP contribution in [0.3, 0.4) is 0 Å². The minimum Gasteiger partial charge on any atom is -0.364 e. The van der Waals surface area contributed by atoms with E-state index in [0.717, 1.165) is 16.7 Å². The Bertz CT molecular complexity index is 1070. The van der Waals surface area contributed by atoms with Gasteiger partial charge in [0, 0.05) is 30.4 Å². The second-order valence-electron chi connectivity index (χ2n) is 7.75. The summed E-state index contributed by atoms with van der Waals surface area (Å²) >= 11 is 0. The summed E-state index contributed by atoms with van der Waals surface area (Å²) in [6.07, 6.45) is 3.84. The quantitative estimate of drug-likeness (QED) is 0.704. The van der Waals surface area contributed by atoms with Crippen LogP contribution in [-0.4, -0.2) is 52.7 Å². The van der Waals surface area contributed by atoms with Crippen LogP contribution in [0.15, 0.2) is 67.0 Å². The van der Waals surface area contributed by atoms with Crippen LogP contribution in [0, 0.1) is 0 Å². The third-order valence-electron chi connectivity index (χ3n) is 6.01. The number of nitrogens with one attached hydrogen (secondary N) is 2. The van der Waals surface area contributed by atoms with Gasteiger partial charge < -0.3 is 15.0 Å². The van der Waals surface area contributed by atoms with Crippen LogP contribution < -0.4 is 5.32 Å². The number of nitrogens with zero attached hydrogens (tertiary/aromatic N) is 2. The van der Waals surface area contributed by atoms with Crippen molar-refractivity contribution in [3.63, 3.8) is 0 Å². The molecule has 30 heavy (non-hydrogen) atoms. The van der Waals surface area contributed by atoms with Crippen LogP contribution in [0.25, 0.3) is 11.1 Å². The standard InChI is InChI=1S/C23H22N4O3/c28-21-15-30-20-14-27(10-9-23(20,26-21)19-7-2-1-3-8-19)22(29)17-6-4-5-16(11-17)18-12-24-25-13-18/h1-8,11-13,20H,9-10,14-15H2,(H,24,25)(H,26,28)/t20-,23+/m1/s1. The average Bonchev–Trinajstić information content (AvgIpc) is 3.34. The fourth-order valence-corrected chi connectivity index (χ4v) is 4.46. The molecule has 7 heteroatoms. The number of morpholine rings is 1. The van der Waals surface area contributed by atoms with Gasteiger partial charge in [-0.05, 0) is 29.7 Å². The lowest BCUT2D eigenvalue weighted by Gasteiger charge is -2.50. The molecule has 152 valence electrons. The van der Waals surface area contributed by atoms with Crippen LogP contribution in [0.2, 0.25) is 0 Å². The van der Waals surface area contributed by atoms with E-state index in [2.05, 4.69) is 15.5 Å². The van der Waals surface area contributed by atoms with Crippen LogP contribution in [-0.2, 0) is 15.1 Å². The number of benzene rings is 2. The molecular weight excluding hydrogens is 380 g/mol. The molecule has 3 heterocycles. The third kappa shape index (κ3) is 3.17. The fraction of sp³-hybridized carbons (Fsp3) is 0.261. The molecule has 0 bridgehead atoms. The second-order valence-corrected chi connectivity index (χ2v) is 7.75.